The predicted molar refractivity (Wildman–Crippen MR) is 75.7 cm³/mol. The first-order valence-corrected chi connectivity index (χ1v) is 6.71. The zero-order valence-corrected chi connectivity index (χ0v) is 12.2. The molecule has 1 aromatic rings. The molecule has 1 aromatic heterocycles. The van der Waals surface area contributed by atoms with Crippen molar-refractivity contribution in [1.29, 1.82) is 0 Å². The SMILES string of the molecule is CC(C)(C)OC(=O)N1CCN=C(NCc2ccco2)C1. The van der Waals surface area contributed by atoms with Crippen molar-refractivity contribution < 1.29 is 13.9 Å². The van der Waals surface area contributed by atoms with Crippen LogP contribution in [0.25, 0.3) is 0 Å². The second kappa shape index (κ2) is 5.98. The molecule has 20 heavy (non-hydrogen) atoms. The first-order valence-electron chi connectivity index (χ1n) is 6.71. The molecule has 0 fully saturated rings. The first kappa shape index (κ1) is 14.4. The van der Waals surface area contributed by atoms with Crippen molar-refractivity contribution in [2.24, 2.45) is 4.99 Å². The van der Waals surface area contributed by atoms with E-state index < -0.39 is 5.60 Å². The summed E-state index contributed by atoms with van der Waals surface area (Å²) in [4.78, 5) is 18.0. The third kappa shape index (κ3) is 4.29. The van der Waals surface area contributed by atoms with Crippen LogP contribution in [0, 0.1) is 0 Å². The highest BCUT2D eigenvalue weighted by atomic mass is 16.6. The normalized spacial score (nSPS) is 15.8. The molecule has 1 aliphatic heterocycles. The Bertz CT molecular complexity index is 474. The van der Waals surface area contributed by atoms with E-state index in [1.54, 1.807) is 11.2 Å². The van der Waals surface area contributed by atoms with Gasteiger partial charge in [0.15, 0.2) is 0 Å². The molecule has 0 atom stereocenters. The largest absolute Gasteiger partial charge is 0.467 e. The minimum atomic E-state index is -0.479. The summed E-state index contributed by atoms with van der Waals surface area (Å²) < 4.78 is 10.6. The lowest BCUT2D eigenvalue weighted by molar-refractivity contribution is 0.0276. The van der Waals surface area contributed by atoms with Crippen LogP contribution in [0.2, 0.25) is 0 Å². The van der Waals surface area contributed by atoms with Gasteiger partial charge >= 0.3 is 6.09 Å². The van der Waals surface area contributed by atoms with E-state index in [2.05, 4.69) is 10.3 Å². The van der Waals surface area contributed by atoms with Crippen molar-refractivity contribution in [3.05, 3.63) is 24.2 Å². The molecular weight excluding hydrogens is 258 g/mol. The Balaban J connectivity index is 1.84. The molecule has 1 N–H and O–H groups in total. The van der Waals surface area contributed by atoms with Crippen molar-refractivity contribution in [3.8, 4) is 0 Å². The standard InChI is InChI=1S/C14H21N3O3/c1-14(2,3)20-13(18)17-7-6-15-12(10-17)16-9-11-5-4-8-19-11/h4-5,8H,6-7,9-10H2,1-3H3,(H,15,16). The smallest absolute Gasteiger partial charge is 0.410 e. The second-order valence-corrected chi connectivity index (χ2v) is 5.66. The van der Waals surface area contributed by atoms with Crippen LogP contribution in [-0.4, -0.2) is 42.1 Å². The maximum Gasteiger partial charge on any atom is 0.410 e. The van der Waals surface area contributed by atoms with Gasteiger partial charge in [-0.15, -0.1) is 0 Å². The summed E-state index contributed by atoms with van der Waals surface area (Å²) in [6.45, 7) is 7.75. The molecule has 0 saturated carbocycles. The Kier molecular flexibility index (Phi) is 4.32. The zero-order chi connectivity index (χ0) is 14.6. The zero-order valence-electron chi connectivity index (χ0n) is 12.2. The molecule has 0 aliphatic carbocycles. The molecule has 0 unspecified atom stereocenters. The average Bonchev–Trinajstić information content (AvgIpc) is 2.88. The number of amidine groups is 1. The summed E-state index contributed by atoms with van der Waals surface area (Å²) in [5.41, 5.74) is -0.479. The lowest BCUT2D eigenvalue weighted by Gasteiger charge is -2.29. The average molecular weight is 279 g/mol. The van der Waals surface area contributed by atoms with Crippen molar-refractivity contribution in [3.63, 3.8) is 0 Å². The van der Waals surface area contributed by atoms with Crippen LogP contribution >= 0.6 is 0 Å². The Morgan fingerprint density at radius 2 is 2.35 bits per heavy atom. The molecular formula is C14H21N3O3. The van der Waals surface area contributed by atoms with E-state index in [1.165, 1.54) is 0 Å². The summed E-state index contributed by atoms with van der Waals surface area (Å²) in [6.07, 6.45) is 1.33. The van der Waals surface area contributed by atoms with Crippen LogP contribution in [0.5, 0.6) is 0 Å². The monoisotopic (exact) mass is 279 g/mol. The lowest BCUT2D eigenvalue weighted by Crippen LogP contribution is -2.47. The van der Waals surface area contributed by atoms with E-state index in [1.807, 2.05) is 32.9 Å². The van der Waals surface area contributed by atoms with E-state index >= 15 is 0 Å². The number of nitrogens with one attached hydrogen (secondary N) is 1. The predicted octanol–water partition coefficient (Wildman–Crippen LogP) is 2.02. The van der Waals surface area contributed by atoms with Crippen molar-refractivity contribution in [1.82, 2.24) is 10.2 Å². The summed E-state index contributed by atoms with van der Waals surface area (Å²) in [5.74, 6) is 1.61. The van der Waals surface area contributed by atoms with E-state index in [9.17, 15) is 4.79 Å². The van der Waals surface area contributed by atoms with Gasteiger partial charge in [-0.05, 0) is 32.9 Å². The van der Waals surface area contributed by atoms with Crippen molar-refractivity contribution >= 4 is 11.9 Å². The number of carbonyl (C=O) groups is 1. The lowest BCUT2D eigenvalue weighted by atomic mass is 10.2. The maximum absolute atomic E-state index is 12.0. The molecule has 6 nitrogen and oxygen atoms in total. The van der Waals surface area contributed by atoms with Gasteiger partial charge in [0.05, 0.1) is 25.9 Å². The summed E-state index contributed by atoms with van der Waals surface area (Å²) in [7, 11) is 0. The number of amides is 1. The fourth-order valence-corrected chi connectivity index (χ4v) is 1.81. The Morgan fingerprint density at radius 3 is 3.00 bits per heavy atom. The maximum atomic E-state index is 12.0. The number of ether oxygens (including phenoxy) is 1. The molecule has 0 bridgehead atoms. The van der Waals surface area contributed by atoms with Gasteiger partial charge in [-0.1, -0.05) is 0 Å². The van der Waals surface area contributed by atoms with Gasteiger partial charge < -0.3 is 14.5 Å². The van der Waals surface area contributed by atoms with Gasteiger partial charge in [0.1, 0.15) is 17.2 Å². The molecule has 0 radical (unpaired) electrons. The Hall–Kier alpha value is -1.98. The molecule has 110 valence electrons. The molecule has 0 aromatic carbocycles. The van der Waals surface area contributed by atoms with Crippen LogP contribution < -0.4 is 5.32 Å². The number of hydrogen-bond donors (Lipinski definition) is 1. The number of furan rings is 1. The van der Waals surface area contributed by atoms with Gasteiger partial charge in [-0.2, -0.15) is 0 Å². The Labute approximate surface area is 118 Å². The third-order valence-electron chi connectivity index (χ3n) is 2.71. The number of aliphatic imine (C=N–C) groups is 1. The van der Waals surface area contributed by atoms with Crippen molar-refractivity contribution in [2.45, 2.75) is 32.9 Å². The summed E-state index contributed by atoms with van der Waals surface area (Å²) in [5, 5.41) is 3.18. The van der Waals surface area contributed by atoms with Gasteiger partial charge in [0.2, 0.25) is 0 Å². The molecule has 1 aliphatic rings. The molecule has 2 rings (SSSR count). The minimum Gasteiger partial charge on any atom is -0.467 e. The fraction of sp³-hybridized carbons (Fsp3) is 0.571. The Morgan fingerprint density at radius 1 is 1.55 bits per heavy atom. The number of nitrogens with zero attached hydrogens (tertiary/aromatic N) is 2. The first-order chi connectivity index (χ1) is 9.44. The highest BCUT2D eigenvalue weighted by Crippen LogP contribution is 2.11. The summed E-state index contributed by atoms with van der Waals surface area (Å²) in [6, 6.07) is 3.73. The van der Waals surface area contributed by atoms with Gasteiger partial charge in [0.25, 0.3) is 0 Å². The number of carbonyl (C=O) groups excluding carboxylic acids is 1. The van der Waals surface area contributed by atoms with Gasteiger partial charge in [-0.25, -0.2) is 4.79 Å². The highest BCUT2D eigenvalue weighted by molar-refractivity contribution is 5.87. The molecule has 2 heterocycles. The highest BCUT2D eigenvalue weighted by Gasteiger charge is 2.24. The van der Waals surface area contributed by atoms with Crippen LogP contribution in [-0.2, 0) is 11.3 Å². The molecule has 0 saturated heterocycles. The van der Waals surface area contributed by atoms with Crippen LogP contribution in [0.3, 0.4) is 0 Å². The van der Waals surface area contributed by atoms with Crippen LogP contribution in [0.4, 0.5) is 4.79 Å². The molecule has 6 heteroatoms. The quantitative estimate of drug-likeness (QED) is 0.899. The topological polar surface area (TPSA) is 67.1 Å². The second-order valence-electron chi connectivity index (χ2n) is 5.66. The van der Waals surface area contributed by atoms with E-state index in [-0.39, 0.29) is 6.09 Å². The summed E-state index contributed by atoms with van der Waals surface area (Å²) >= 11 is 0. The van der Waals surface area contributed by atoms with E-state index in [0.717, 1.165) is 11.6 Å². The van der Waals surface area contributed by atoms with Gasteiger partial charge in [0, 0.05) is 6.54 Å². The van der Waals surface area contributed by atoms with Crippen molar-refractivity contribution in [2.75, 3.05) is 19.6 Å². The van der Waals surface area contributed by atoms with E-state index in [4.69, 9.17) is 9.15 Å². The van der Waals surface area contributed by atoms with E-state index in [0.29, 0.717) is 26.2 Å². The molecule has 1 amide bonds. The molecule has 0 spiro atoms. The number of hydrogen-bond acceptors (Lipinski definition) is 5. The number of rotatable bonds is 2. The van der Waals surface area contributed by atoms with Gasteiger partial charge in [-0.3, -0.25) is 9.89 Å². The minimum absolute atomic E-state index is 0.301. The third-order valence-corrected chi connectivity index (χ3v) is 2.71. The fourth-order valence-electron chi connectivity index (χ4n) is 1.81. The van der Waals surface area contributed by atoms with Crippen LogP contribution in [0.1, 0.15) is 26.5 Å². The van der Waals surface area contributed by atoms with Crippen LogP contribution in [0.15, 0.2) is 27.8 Å².